The number of nitrogens with zero attached hydrogens (tertiary/aromatic N) is 2. The Balaban J connectivity index is 1.63. The minimum absolute atomic E-state index is 0.0798. The van der Waals surface area contributed by atoms with E-state index in [-0.39, 0.29) is 12.1 Å². The molecule has 3 aromatic rings. The van der Waals surface area contributed by atoms with Crippen molar-refractivity contribution in [1.29, 1.82) is 0 Å². The van der Waals surface area contributed by atoms with Gasteiger partial charge in [0.05, 0.1) is 16.3 Å². The minimum Gasteiger partial charge on any atom is -0.371 e. The van der Waals surface area contributed by atoms with Crippen LogP contribution in [0.4, 0.5) is 5.82 Å². The molecule has 4 rings (SSSR count). The first-order chi connectivity index (χ1) is 10.4. The summed E-state index contributed by atoms with van der Waals surface area (Å²) < 4.78 is 7.02. The lowest BCUT2D eigenvalue weighted by Gasteiger charge is -2.20. The van der Waals surface area contributed by atoms with Crippen LogP contribution in [0.3, 0.4) is 0 Å². The lowest BCUT2D eigenvalue weighted by Crippen LogP contribution is -2.23. The minimum atomic E-state index is 0.0798. The number of benzene rings is 1. The number of aromatic nitrogens is 2. The van der Waals surface area contributed by atoms with E-state index >= 15 is 0 Å². The second-order valence-electron chi connectivity index (χ2n) is 5.10. The normalized spacial score (nSPS) is 21.7. The number of fused-ring (bicyclic) bond motifs is 1. The fourth-order valence-corrected chi connectivity index (χ4v) is 3.57. The highest BCUT2D eigenvalue weighted by atomic mass is 32.1. The largest absolute Gasteiger partial charge is 0.371 e. The number of thiophene rings is 1. The Bertz CT molecular complexity index is 743. The Morgan fingerprint density at radius 2 is 2.05 bits per heavy atom. The SMILES string of the molecule is c1ccc([C@@H]2OCC[C@@H]2Nc2ncnc3ccsc23)cc1. The lowest BCUT2D eigenvalue weighted by atomic mass is 10.0. The summed E-state index contributed by atoms with van der Waals surface area (Å²) in [6.45, 7) is 0.774. The number of ether oxygens (including phenoxy) is 1. The van der Waals surface area contributed by atoms with Crippen LogP contribution in [0.25, 0.3) is 10.2 Å². The highest BCUT2D eigenvalue weighted by Crippen LogP contribution is 2.33. The van der Waals surface area contributed by atoms with Crippen molar-refractivity contribution in [3.8, 4) is 0 Å². The van der Waals surface area contributed by atoms with Crippen LogP contribution >= 0.6 is 11.3 Å². The molecule has 1 aromatic carbocycles. The van der Waals surface area contributed by atoms with Crippen LogP contribution in [0.2, 0.25) is 0 Å². The fraction of sp³-hybridized carbons (Fsp3) is 0.250. The number of nitrogens with one attached hydrogen (secondary N) is 1. The molecule has 1 fully saturated rings. The van der Waals surface area contributed by atoms with Gasteiger partial charge >= 0.3 is 0 Å². The molecule has 0 unspecified atom stereocenters. The average Bonchev–Trinajstić information content (AvgIpc) is 3.17. The van der Waals surface area contributed by atoms with Crippen molar-refractivity contribution in [3.63, 3.8) is 0 Å². The molecule has 5 heteroatoms. The van der Waals surface area contributed by atoms with E-state index < -0.39 is 0 Å². The predicted molar refractivity (Wildman–Crippen MR) is 84.6 cm³/mol. The van der Waals surface area contributed by atoms with Gasteiger partial charge < -0.3 is 10.1 Å². The van der Waals surface area contributed by atoms with Gasteiger partial charge in [-0.15, -0.1) is 11.3 Å². The number of hydrogen-bond acceptors (Lipinski definition) is 5. The van der Waals surface area contributed by atoms with Gasteiger partial charge in [-0.3, -0.25) is 0 Å². The van der Waals surface area contributed by atoms with Gasteiger partial charge in [0.25, 0.3) is 0 Å². The molecule has 0 bridgehead atoms. The molecule has 0 aliphatic carbocycles. The van der Waals surface area contributed by atoms with Gasteiger partial charge in [-0.2, -0.15) is 0 Å². The van der Waals surface area contributed by atoms with Crippen molar-refractivity contribution < 1.29 is 4.74 Å². The molecule has 0 radical (unpaired) electrons. The van der Waals surface area contributed by atoms with E-state index in [0.717, 1.165) is 29.1 Å². The predicted octanol–water partition coefficient (Wildman–Crippen LogP) is 3.63. The average molecular weight is 297 g/mol. The Morgan fingerprint density at radius 3 is 2.95 bits per heavy atom. The van der Waals surface area contributed by atoms with E-state index in [1.807, 2.05) is 17.5 Å². The van der Waals surface area contributed by atoms with Gasteiger partial charge in [-0.05, 0) is 23.4 Å². The Hall–Kier alpha value is -1.98. The monoisotopic (exact) mass is 297 g/mol. The molecule has 1 aliphatic rings. The second-order valence-corrected chi connectivity index (χ2v) is 6.01. The molecule has 1 saturated heterocycles. The summed E-state index contributed by atoms with van der Waals surface area (Å²) in [5, 5.41) is 5.60. The second kappa shape index (κ2) is 5.42. The summed E-state index contributed by atoms with van der Waals surface area (Å²) in [7, 11) is 0. The standard InChI is InChI=1S/C16H15N3OS/c1-2-4-11(5-3-1)14-12(6-8-20-14)19-16-15-13(7-9-21-15)17-10-18-16/h1-5,7,9-10,12,14H,6,8H2,(H,17,18,19)/t12-,14-/m0/s1. The molecule has 1 N–H and O–H groups in total. The van der Waals surface area contributed by atoms with Gasteiger partial charge in [0.1, 0.15) is 18.2 Å². The third-order valence-electron chi connectivity index (χ3n) is 3.79. The van der Waals surface area contributed by atoms with Gasteiger partial charge in [0.2, 0.25) is 0 Å². The first-order valence-electron chi connectivity index (χ1n) is 7.03. The summed E-state index contributed by atoms with van der Waals surface area (Å²) >= 11 is 1.67. The topological polar surface area (TPSA) is 47.0 Å². The molecule has 0 spiro atoms. The van der Waals surface area contributed by atoms with Crippen molar-refractivity contribution >= 4 is 27.4 Å². The molecule has 106 valence electrons. The van der Waals surface area contributed by atoms with Crippen molar-refractivity contribution in [2.75, 3.05) is 11.9 Å². The summed E-state index contributed by atoms with van der Waals surface area (Å²) in [6.07, 6.45) is 2.68. The van der Waals surface area contributed by atoms with Gasteiger partial charge in [-0.1, -0.05) is 30.3 Å². The molecular formula is C16H15N3OS. The van der Waals surface area contributed by atoms with Crippen LogP contribution in [-0.4, -0.2) is 22.6 Å². The molecule has 0 saturated carbocycles. The van der Waals surface area contributed by atoms with Crippen LogP contribution in [0.5, 0.6) is 0 Å². The number of anilines is 1. The maximum absolute atomic E-state index is 5.91. The van der Waals surface area contributed by atoms with Gasteiger partial charge in [0, 0.05) is 6.61 Å². The third-order valence-corrected chi connectivity index (χ3v) is 4.70. The first kappa shape index (κ1) is 12.7. The lowest BCUT2D eigenvalue weighted by molar-refractivity contribution is 0.107. The molecule has 2 aromatic heterocycles. The molecular weight excluding hydrogens is 282 g/mol. The van der Waals surface area contributed by atoms with Crippen LogP contribution < -0.4 is 5.32 Å². The highest BCUT2D eigenvalue weighted by molar-refractivity contribution is 7.17. The summed E-state index contributed by atoms with van der Waals surface area (Å²) in [4.78, 5) is 8.69. The number of rotatable bonds is 3. The molecule has 1 aliphatic heterocycles. The Kier molecular flexibility index (Phi) is 3.29. The highest BCUT2D eigenvalue weighted by Gasteiger charge is 2.30. The third kappa shape index (κ3) is 2.39. The molecule has 21 heavy (non-hydrogen) atoms. The van der Waals surface area contributed by atoms with E-state index in [4.69, 9.17) is 4.74 Å². The molecule has 0 amide bonds. The van der Waals surface area contributed by atoms with E-state index in [0.29, 0.717) is 0 Å². The van der Waals surface area contributed by atoms with E-state index in [2.05, 4.69) is 39.6 Å². The van der Waals surface area contributed by atoms with E-state index in [1.54, 1.807) is 17.7 Å². The van der Waals surface area contributed by atoms with E-state index in [9.17, 15) is 0 Å². The molecule has 2 atom stereocenters. The summed E-state index contributed by atoms with van der Waals surface area (Å²) in [6, 6.07) is 12.6. The first-order valence-corrected chi connectivity index (χ1v) is 7.91. The zero-order valence-electron chi connectivity index (χ0n) is 11.4. The maximum Gasteiger partial charge on any atom is 0.147 e. The van der Waals surface area contributed by atoms with Crippen molar-refractivity contribution in [2.24, 2.45) is 0 Å². The van der Waals surface area contributed by atoms with Crippen LogP contribution in [0.1, 0.15) is 18.1 Å². The quantitative estimate of drug-likeness (QED) is 0.802. The Morgan fingerprint density at radius 1 is 1.14 bits per heavy atom. The van der Waals surface area contributed by atoms with Crippen molar-refractivity contribution in [2.45, 2.75) is 18.6 Å². The van der Waals surface area contributed by atoms with Gasteiger partial charge in [0.15, 0.2) is 0 Å². The fourth-order valence-electron chi connectivity index (χ4n) is 2.78. The summed E-state index contributed by atoms with van der Waals surface area (Å²) in [5.41, 5.74) is 2.21. The molecule has 4 nitrogen and oxygen atoms in total. The van der Waals surface area contributed by atoms with Crippen LogP contribution in [0.15, 0.2) is 48.1 Å². The molecule has 3 heterocycles. The van der Waals surface area contributed by atoms with Crippen LogP contribution in [-0.2, 0) is 4.74 Å². The van der Waals surface area contributed by atoms with Crippen LogP contribution in [0, 0.1) is 0 Å². The smallest absolute Gasteiger partial charge is 0.147 e. The Labute approximate surface area is 126 Å². The van der Waals surface area contributed by atoms with Crippen molar-refractivity contribution in [3.05, 3.63) is 53.7 Å². The number of hydrogen-bond donors (Lipinski definition) is 1. The maximum atomic E-state index is 5.91. The van der Waals surface area contributed by atoms with Crippen molar-refractivity contribution in [1.82, 2.24) is 9.97 Å². The zero-order valence-corrected chi connectivity index (χ0v) is 12.2. The van der Waals surface area contributed by atoms with E-state index in [1.165, 1.54) is 5.56 Å². The summed E-state index contributed by atoms with van der Waals surface area (Å²) in [5.74, 6) is 0.909. The van der Waals surface area contributed by atoms with Gasteiger partial charge in [-0.25, -0.2) is 9.97 Å². The zero-order chi connectivity index (χ0) is 14.1.